The zero-order valence-corrected chi connectivity index (χ0v) is 18.5. The lowest BCUT2D eigenvalue weighted by molar-refractivity contribution is -0.128. The molecule has 0 unspecified atom stereocenters. The molecule has 1 saturated heterocycles. The third-order valence-electron chi connectivity index (χ3n) is 5.81. The van der Waals surface area contributed by atoms with E-state index < -0.39 is 0 Å². The maximum absolute atomic E-state index is 12.3. The van der Waals surface area contributed by atoms with Gasteiger partial charge in [-0.05, 0) is 24.1 Å². The number of fused-ring (bicyclic) bond motifs is 3. The number of pyridine rings is 1. The number of nitrogens with two attached hydrogens (primary N) is 1. The standard InChI is InChI=1S/C23H22N5O2.Al/c1-30-16-10-8-15(9-11-16)13-28-19(14-27-12-4-7-20(27)29)26-21-22(28)17-5-2-3-6-18(17)25-23(21)24;/h2,5-6,8-11H,4,7,12-14H2,1H3,(H2,24,25);. The molecule has 2 N–H and O–H groups in total. The molecule has 2 radical (unpaired) electrons. The fourth-order valence-electron chi connectivity index (χ4n) is 4.22. The van der Waals surface area contributed by atoms with Crippen LogP contribution in [0.1, 0.15) is 24.2 Å². The maximum atomic E-state index is 12.3. The molecule has 2 aromatic heterocycles. The Hall–Kier alpha value is -3.08. The quantitative estimate of drug-likeness (QED) is 0.493. The van der Waals surface area contributed by atoms with Crippen LogP contribution in [-0.2, 0) is 17.9 Å². The molecule has 0 spiro atoms. The highest BCUT2D eigenvalue weighted by atomic mass is 27.0. The summed E-state index contributed by atoms with van der Waals surface area (Å²) in [6.07, 6.45) is 1.49. The van der Waals surface area contributed by atoms with Crippen molar-refractivity contribution in [2.45, 2.75) is 25.9 Å². The van der Waals surface area contributed by atoms with Crippen LogP contribution in [-0.4, -0.2) is 55.3 Å². The van der Waals surface area contributed by atoms with Gasteiger partial charge in [0.1, 0.15) is 17.1 Å². The number of amides is 1. The highest BCUT2D eigenvalue weighted by Crippen LogP contribution is 2.30. The van der Waals surface area contributed by atoms with Gasteiger partial charge >= 0.3 is 0 Å². The highest BCUT2D eigenvalue weighted by Gasteiger charge is 2.24. The highest BCUT2D eigenvalue weighted by molar-refractivity contribution is 6.33. The number of carbonyl (C=O) groups excluding carboxylic acids is 1. The van der Waals surface area contributed by atoms with Gasteiger partial charge in [-0.25, -0.2) is 9.97 Å². The lowest BCUT2D eigenvalue weighted by Crippen LogP contribution is -2.26. The predicted octanol–water partition coefficient (Wildman–Crippen LogP) is 2.14. The average molecular weight is 427 g/mol. The number of hydrogen-bond acceptors (Lipinski definition) is 5. The average Bonchev–Trinajstić information content (AvgIpc) is 3.33. The first-order valence-corrected chi connectivity index (χ1v) is 10.9. The largest absolute Gasteiger partial charge is 0.497 e. The van der Waals surface area contributed by atoms with Crippen LogP contribution in [0.25, 0.3) is 21.9 Å². The smallest absolute Gasteiger partial charge is 0.223 e. The number of likely N-dealkylation sites (tertiary alicyclic amines) is 1. The van der Waals surface area contributed by atoms with E-state index in [1.54, 1.807) is 7.11 Å². The summed E-state index contributed by atoms with van der Waals surface area (Å²) < 4.78 is 8.51. The van der Waals surface area contributed by atoms with E-state index in [1.165, 1.54) is 0 Å². The molecule has 0 bridgehead atoms. The zero-order valence-electron chi connectivity index (χ0n) is 17.3. The van der Waals surface area contributed by atoms with E-state index in [2.05, 4.69) is 31.9 Å². The molecule has 0 saturated carbocycles. The summed E-state index contributed by atoms with van der Waals surface area (Å²) in [5, 5.41) is 0.996. The molecule has 2 aromatic carbocycles. The Balaban J connectivity index is 1.70. The number of nitrogen functional groups attached to an aromatic ring is 1. The third kappa shape index (κ3) is 3.62. The van der Waals surface area contributed by atoms with E-state index in [1.807, 2.05) is 41.3 Å². The molecular formula is C23H22AlN5O2. The minimum absolute atomic E-state index is 0.173. The second-order valence-corrected chi connectivity index (χ2v) is 8.52. The van der Waals surface area contributed by atoms with Crippen LogP contribution in [0.3, 0.4) is 0 Å². The summed E-state index contributed by atoms with van der Waals surface area (Å²) in [5.41, 5.74) is 9.90. The summed E-state index contributed by atoms with van der Waals surface area (Å²) in [6, 6.07) is 14.1. The maximum Gasteiger partial charge on any atom is 0.223 e. The molecule has 1 aliphatic rings. The second-order valence-electron chi connectivity index (χ2n) is 7.85. The number of nitrogens with zero attached hydrogens (tertiary/aromatic N) is 4. The van der Waals surface area contributed by atoms with Gasteiger partial charge in [0.05, 0.1) is 24.7 Å². The number of rotatable bonds is 5. The number of imidazole rings is 1. The van der Waals surface area contributed by atoms with E-state index >= 15 is 0 Å². The number of ether oxygens (including phenoxy) is 1. The molecule has 8 heteroatoms. The van der Waals surface area contributed by atoms with Crippen LogP contribution in [0.2, 0.25) is 0 Å². The van der Waals surface area contributed by atoms with Crippen LogP contribution < -0.4 is 14.9 Å². The van der Waals surface area contributed by atoms with Crippen molar-refractivity contribution in [2.75, 3.05) is 19.4 Å². The summed E-state index contributed by atoms with van der Waals surface area (Å²) in [4.78, 5) is 23.6. The molecule has 0 atom stereocenters. The molecule has 1 amide bonds. The van der Waals surface area contributed by atoms with Crippen molar-refractivity contribution in [1.82, 2.24) is 19.4 Å². The lowest BCUT2D eigenvalue weighted by Gasteiger charge is -2.17. The molecule has 3 heterocycles. The van der Waals surface area contributed by atoms with E-state index in [-0.39, 0.29) is 5.91 Å². The number of benzene rings is 2. The topological polar surface area (TPSA) is 86.3 Å². The molecule has 5 rings (SSSR count). The number of aromatic nitrogens is 3. The molecule has 31 heavy (non-hydrogen) atoms. The molecule has 0 aliphatic carbocycles. The van der Waals surface area contributed by atoms with Crippen molar-refractivity contribution in [3.05, 3.63) is 53.9 Å². The first-order valence-electron chi connectivity index (χ1n) is 10.3. The summed E-state index contributed by atoms with van der Waals surface area (Å²) in [5.74, 6) is 2.21. The van der Waals surface area contributed by atoms with Gasteiger partial charge in [-0.2, -0.15) is 0 Å². The van der Waals surface area contributed by atoms with E-state index in [0.717, 1.165) is 50.9 Å². The van der Waals surface area contributed by atoms with Gasteiger partial charge in [0.25, 0.3) is 0 Å². The Bertz CT molecular complexity index is 1300. The Morgan fingerprint density at radius 3 is 2.65 bits per heavy atom. The van der Waals surface area contributed by atoms with E-state index in [4.69, 9.17) is 15.5 Å². The molecular weight excluding hydrogens is 405 g/mol. The van der Waals surface area contributed by atoms with Crippen LogP contribution in [0.5, 0.6) is 5.75 Å². The van der Waals surface area contributed by atoms with Gasteiger partial charge in [0, 0.05) is 24.9 Å². The van der Waals surface area contributed by atoms with Gasteiger partial charge in [0.15, 0.2) is 22.1 Å². The Kier molecular flexibility index (Phi) is 5.05. The van der Waals surface area contributed by atoms with Gasteiger partial charge in [-0.15, -0.1) is 4.43 Å². The van der Waals surface area contributed by atoms with Gasteiger partial charge in [-0.1, -0.05) is 30.3 Å². The summed E-state index contributed by atoms with van der Waals surface area (Å²) >= 11 is 2.70. The van der Waals surface area contributed by atoms with E-state index in [0.29, 0.717) is 30.8 Å². The van der Waals surface area contributed by atoms with Crippen molar-refractivity contribution in [1.29, 1.82) is 0 Å². The molecule has 7 nitrogen and oxygen atoms in total. The number of carbonyl (C=O) groups is 1. The second kappa shape index (κ2) is 7.88. The van der Waals surface area contributed by atoms with Crippen molar-refractivity contribution in [2.24, 2.45) is 0 Å². The van der Waals surface area contributed by atoms with Gasteiger partial charge in [0.2, 0.25) is 5.91 Å². The first-order chi connectivity index (χ1) is 15.0. The van der Waals surface area contributed by atoms with Gasteiger partial charge < -0.3 is 19.9 Å². The number of anilines is 1. The summed E-state index contributed by atoms with van der Waals surface area (Å²) in [6.45, 7) is 1.83. The van der Waals surface area contributed by atoms with Crippen molar-refractivity contribution < 1.29 is 9.53 Å². The van der Waals surface area contributed by atoms with E-state index in [9.17, 15) is 4.79 Å². The van der Waals surface area contributed by atoms with Crippen LogP contribution >= 0.6 is 0 Å². The van der Waals surface area contributed by atoms with Crippen molar-refractivity contribution in [3.63, 3.8) is 0 Å². The molecule has 1 fully saturated rings. The van der Waals surface area contributed by atoms with Crippen molar-refractivity contribution >= 4 is 54.4 Å². The minimum Gasteiger partial charge on any atom is -0.497 e. The molecule has 4 aromatic rings. The zero-order chi connectivity index (χ0) is 21.5. The first kappa shape index (κ1) is 19.9. The predicted molar refractivity (Wildman–Crippen MR) is 122 cm³/mol. The fraction of sp³-hybridized carbons (Fsp3) is 0.261. The molecule has 154 valence electrons. The third-order valence-corrected chi connectivity index (χ3v) is 6.17. The number of methoxy groups -OCH3 is 1. The SMILES string of the molecule is COc1ccc(Cn2c(CN3CCCC3=O)nc3c(N)nc4c[c]([Al])ccc4c32)cc1. The fourth-order valence-corrected chi connectivity index (χ4v) is 4.48. The Morgan fingerprint density at radius 2 is 1.94 bits per heavy atom. The molecule has 1 aliphatic heterocycles. The Labute approximate surface area is 188 Å². The van der Waals surface area contributed by atoms with Crippen LogP contribution in [0.4, 0.5) is 5.82 Å². The van der Waals surface area contributed by atoms with Gasteiger partial charge in [-0.3, -0.25) is 4.79 Å². The van der Waals surface area contributed by atoms with Crippen LogP contribution in [0.15, 0.2) is 42.5 Å². The monoisotopic (exact) mass is 427 g/mol. The number of hydrogen-bond donors (Lipinski definition) is 1. The summed E-state index contributed by atoms with van der Waals surface area (Å²) in [7, 11) is 1.66. The van der Waals surface area contributed by atoms with Crippen LogP contribution in [0, 0.1) is 0 Å². The van der Waals surface area contributed by atoms with Crippen molar-refractivity contribution in [3.8, 4) is 5.75 Å². The minimum atomic E-state index is 0.173. The lowest BCUT2D eigenvalue weighted by atomic mass is 10.1. The Morgan fingerprint density at radius 1 is 1.13 bits per heavy atom. The normalized spacial score (nSPS) is 14.1.